The van der Waals surface area contributed by atoms with Crippen molar-refractivity contribution < 1.29 is 29.3 Å². The van der Waals surface area contributed by atoms with Gasteiger partial charge in [-0.2, -0.15) is 0 Å². The van der Waals surface area contributed by atoms with Crippen molar-refractivity contribution >= 4 is 17.7 Å². The van der Waals surface area contributed by atoms with E-state index in [4.69, 9.17) is 9.84 Å². The van der Waals surface area contributed by atoms with Crippen molar-refractivity contribution in [2.75, 3.05) is 6.61 Å². The molecule has 32 heavy (non-hydrogen) atoms. The van der Waals surface area contributed by atoms with Gasteiger partial charge in [-0.15, -0.1) is 0 Å². The molecular formula is C26H42O6. The van der Waals surface area contributed by atoms with Gasteiger partial charge in [0.1, 0.15) is 0 Å². The number of aliphatic hydroxyl groups excluding tert-OH is 1. The van der Waals surface area contributed by atoms with Crippen molar-refractivity contribution in [3.8, 4) is 0 Å². The first-order chi connectivity index (χ1) is 15.2. The van der Waals surface area contributed by atoms with Gasteiger partial charge in [-0.25, -0.2) is 0 Å². The van der Waals surface area contributed by atoms with E-state index >= 15 is 0 Å². The summed E-state index contributed by atoms with van der Waals surface area (Å²) in [5.74, 6) is -1.15. The van der Waals surface area contributed by atoms with E-state index in [-0.39, 0.29) is 42.0 Å². The molecule has 3 atom stereocenters. The van der Waals surface area contributed by atoms with E-state index in [1.54, 1.807) is 6.08 Å². The molecule has 182 valence electrons. The Labute approximate surface area is 193 Å². The Balaban J connectivity index is 2.26. The molecule has 6 heteroatoms. The fraction of sp³-hybridized carbons (Fsp3) is 0.731. The Hall–Kier alpha value is -1.95. The lowest BCUT2D eigenvalue weighted by atomic mass is 9.77. The number of esters is 1. The normalized spacial score (nSPS) is 19.6. The highest BCUT2D eigenvalue weighted by Crippen LogP contribution is 2.35. The highest BCUT2D eigenvalue weighted by atomic mass is 16.5. The van der Waals surface area contributed by atoms with Gasteiger partial charge < -0.3 is 14.9 Å². The number of hydrogen-bond donors (Lipinski definition) is 2. The van der Waals surface area contributed by atoms with Crippen molar-refractivity contribution in [2.45, 2.75) is 97.5 Å². The second-order valence-corrected chi connectivity index (χ2v) is 9.53. The number of carbonyl (C=O) groups is 3. The van der Waals surface area contributed by atoms with Gasteiger partial charge in [0.15, 0.2) is 5.78 Å². The first-order valence-electron chi connectivity index (χ1n) is 12.1. The van der Waals surface area contributed by atoms with Crippen LogP contribution >= 0.6 is 0 Å². The smallest absolute Gasteiger partial charge is 0.306 e. The lowest BCUT2D eigenvalue weighted by Gasteiger charge is -2.31. The van der Waals surface area contributed by atoms with Crippen LogP contribution in [-0.4, -0.2) is 40.6 Å². The summed E-state index contributed by atoms with van der Waals surface area (Å²) in [5.41, 5.74) is -0.0949. The molecule has 2 N–H and O–H groups in total. The molecular weight excluding hydrogens is 408 g/mol. The molecule has 0 aromatic heterocycles. The number of aliphatic carboxylic acids is 1. The molecule has 0 fully saturated rings. The van der Waals surface area contributed by atoms with Crippen LogP contribution in [0.4, 0.5) is 0 Å². The molecule has 0 saturated heterocycles. The fourth-order valence-corrected chi connectivity index (χ4v) is 4.01. The number of carboxylic acid groups (broad SMARTS) is 1. The number of allylic oxidation sites excluding steroid dienone is 4. The molecule has 1 aliphatic rings. The predicted molar refractivity (Wildman–Crippen MR) is 125 cm³/mol. The molecule has 0 bridgehead atoms. The maximum atomic E-state index is 12.3. The largest absolute Gasteiger partial charge is 0.481 e. The van der Waals surface area contributed by atoms with Gasteiger partial charge in [0, 0.05) is 5.92 Å². The van der Waals surface area contributed by atoms with Gasteiger partial charge in [-0.3, -0.25) is 14.4 Å². The zero-order chi connectivity index (χ0) is 24.0. The van der Waals surface area contributed by atoms with Crippen molar-refractivity contribution in [2.24, 2.45) is 17.3 Å². The summed E-state index contributed by atoms with van der Waals surface area (Å²) in [6, 6.07) is 0. The molecule has 0 unspecified atom stereocenters. The maximum absolute atomic E-state index is 12.3. The number of aliphatic hydroxyl groups is 1. The quantitative estimate of drug-likeness (QED) is 0.179. The average molecular weight is 451 g/mol. The standard InChI is InChI=1S/C26H42O6/c1-4-5-18-26(2,3)23(28)15-13-20-12-14-22(27)21(20)11-9-7-6-8-10-19-32-25(31)17-16-24(29)30/h7,9,12,14,20-21,23,28H,4-6,8,10-11,13,15-19H2,1-3H3,(H,29,30)/b9-7-/t20-,21-,23-/m1/s1. The Kier molecular flexibility index (Phi) is 13.2. The molecule has 6 nitrogen and oxygen atoms in total. The van der Waals surface area contributed by atoms with E-state index in [2.05, 4.69) is 32.9 Å². The van der Waals surface area contributed by atoms with Crippen LogP contribution in [0, 0.1) is 17.3 Å². The maximum Gasteiger partial charge on any atom is 0.306 e. The second kappa shape index (κ2) is 15.0. The Morgan fingerprint density at radius 1 is 1.19 bits per heavy atom. The van der Waals surface area contributed by atoms with Crippen LogP contribution in [0.25, 0.3) is 0 Å². The summed E-state index contributed by atoms with van der Waals surface area (Å²) in [4.78, 5) is 34.0. The van der Waals surface area contributed by atoms with Crippen LogP contribution < -0.4 is 0 Å². The third kappa shape index (κ3) is 11.1. The summed E-state index contributed by atoms with van der Waals surface area (Å²) >= 11 is 0. The summed E-state index contributed by atoms with van der Waals surface area (Å²) in [6.45, 7) is 6.71. The first kappa shape index (κ1) is 28.1. The average Bonchev–Trinajstić information content (AvgIpc) is 3.10. The third-order valence-corrected chi connectivity index (χ3v) is 6.37. The zero-order valence-corrected chi connectivity index (χ0v) is 20.1. The lowest BCUT2D eigenvalue weighted by molar-refractivity contribution is -0.147. The van der Waals surface area contributed by atoms with Crippen LogP contribution in [0.1, 0.15) is 91.4 Å². The highest BCUT2D eigenvalue weighted by molar-refractivity contribution is 5.94. The van der Waals surface area contributed by atoms with E-state index < -0.39 is 11.9 Å². The van der Waals surface area contributed by atoms with E-state index in [0.717, 1.165) is 44.9 Å². The molecule has 0 saturated carbocycles. The number of rotatable bonds is 17. The highest BCUT2D eigenvalue weighted by Gasteiger charge is 2.32. The topological polar surface area (TPSA) is 101 Å². The van der Waals surface area contributed by atoms with Crippen LogP contribution in [0.3, 0.4) is 0 Å². The van der Waals surface area contributed by atoms with Gasteiger partial charge in [0.05, 0.1) is 25.6 Å². The Bertz CT molecular complexity index is 649. The minimum atomic E-state index is -1.00. The number of carboxylic acids is 1. The monoisotopic (exact) mass is 450 g/mol. The zero-order valence-electron chi connectivity index (χ0n) is 20.1. The van der Waals surface area contributed by atoms with Gasteiger partial charge >= 0.3 is 11.9 Å². The molecule has 0 spiro atoms. The molecule has 0 aromatic rings. The summed E-state index contributed by atoms with van der Waals surface area (Å²) in [5, 5.41) is 19.2. The lowest BCUT2D eigenvalue weighted by Crippen LogP contribution is -2.30. The summed E-state index contributed by atoms with van der Waals surface area (Å²) in [7, 11) is 0. The van der Waals surface area contributed by atoms with Gasteiger partial charge in [-0.1, -0.05) is 51.8 Å². The minimum Gasteiger partial charge on any atom is -0.481 e. The van der Waals surface area contributed by atoms with Gasteiger partial charge in [0.2, 0.25) is 0 Å². The van der Waals surface area contributed by atoms with E-state index in [0.29, 0.717) is 19.4 Å². The van der Waals surface area contributed by atoms with Gasteiger partial charge in [0.25, 0.3) is 0 Å². The molecule has 0 heterocycles. The van der Waals surface area contributed by atoms with Crippen LogP contribution in [-0.2, 0) is 19.1 Å². The summed E-state index contributed by atoms with van der Waals surface area (Å²) < 4.78 is 5.00. The molecule has 0 aliphatic heterocycles. The molecule has 0 amide bonds. The fourth-order valence-electron chi connectivity index (χ4n) is 4.01. The number of ether oxygens (including phenoxy) is 1. The Morgan fingerprint density at radius 3 is 2.62 bits per heavy atom. The van der Waals surface area contributed by atoms with Crippen LogP contribution in [0.5, 0.6) is 0 Å². The summed E-state index contributed by atoms with van der Waals surface area (Å²) in [6.07, 6.45) is 15.1. The molecule has 1 aliphatic carbocycles. The number of carbonyl (C=O) groups excluding carboxylic acids is 2. The molecule has 0 radical (unpaired) electrons. The van der Waals surface area contributed by atoms with Crippen LogP contribution in [0.2, 0.25) is 0 Å². The SMILES string of the molecule is CCCCC(C)(C)[C@H](O)CC[C@H]1C=CC(=O)[C@@H]1C/C=C\CCCCOC(=O)CCC(=O)O. The Morgan fingerprint density at radius 2 is 1.94 bits per heavy atom. The third-order valence-electron chi connectivity index (χ3n) is 6.37. The van der Waals surface area contributed by atoms with Crippen LogP contribution in [0.15, 0.2) is 24.3 Å². The molecule has 1 rings (SSSR count). The van der Waals surface area contributed by atoms with Crippen molar-refractivity contribution in [1.29, 1.82) is 0 Å². The van der Waals surface area contributed by atoms with Gasteiger partial charge in [-0.05, 0) is 62.4 Å². The number of unbranched alkanes of at least 4 members (excludes halogenated alkanes) is 3. The van der Waals surface area contributed by atoms with E-state index in [1.165, 1.54) is 0 Å². The first-order valence-corrected chi connectivity index (χ1v) is 12.1. The van der Waals surface area contributed by atoms with E-state index in [9.17, 15) is 19.5 Å². The minimum absolute atomic E-state index is 0.0348. The molecule has 0 aromatic carbocycles. The van der Waals surface area contributed by atoms with Crippen molar-refractivity contribution in [3.63, 3.8) is 0 Å². The number of hydrogen-bond acceptors (Lipinski definition) is 5. The van der Waals surface area contributed by atoms with Crippen molar-refractivity contribution in [1.82, 2.24) is 0 Å². The van der Waals surface area contributed by atoms with Crippen molar-refractivity contribution in [3.05, 3.63) is 24.3 Å². The predicted octanol–water partition coefficient (Wildman–Crippen LogP) is 5.24. The number of ketones is 1. The second-order valence-electron chi connectivity index (χ2n) is 9.53. The van der Waals surface area contributed by atoms with E-state index in [1.807, 2.05) is 6.08 Å².